The Hall–Kier alpha value is -1.56. The topological polar surface area (TPSA) is 72.5 Å². The maximum absolute atomic E-state index is 12.1. The highest BCUT2D eigenvalue weighted by Gasteiger charge is 2.30. The van der Waals surface area contributed by atoms with Gasteiger partial charge in [0.2, 0.25) is 0 Å². The number of hydrogen-bond donors (Lipinski definition) is 2. The maximum Gasteiger partial charge on any atom is 0.573 e. The minimum Gasteiger partial charge on any atom is -0.406 e. The monoisotopic (exact) mass is 486 g/mol. The summed E-state index contributed by atoms with van der Waals surface area (Å²) in [5.74, 6) is -0.0860. The Morgan fingerprint density at radius 3 is 2.56 bits per heavy atom. The van der Waals surface area contributed by atoms with E-state index in [4.69, 9.17) is 5.73 Å². The summed E-state index contributed by atoms with van der Waals surface area (Å²) in [6.07, 6.45) is -3.06. The number of rotatable bonds is 6. The average molecular weight is 486 g/mol. The SMILES string of the molecule is Cc1csc(CCCN=C(N)Nc2ccc(OC(F)(F)F)cc2)n1.I. The Kier molecular flexibility index (Phi) is 8.42. The van der Waals surface area contributed by atoms with Crippen LogP contribution in [0.3, 0.4) is 0 Å². The minimum atomic E-state index is -4.70. The van der Waals surface area contributed by atoms with Crippen molar-refractivity contribution in [3.63, 3.8) is 0 Å². The Morgan fingerprint density at radius 2 is 2.00 bits per heavy atom. The van der Waals surface area contributed by atoms with Crippen molar-refractivity contribution in [2.45, 2.75) is 26.1 Å². The lowest BCUT2D eigenvalue weighted by Gasteiger charge is -2.10. The molecule has 0 aliphatic heterocycles. The molecule has 0 aliphatic carbocycles. The summed E-state index contributed by atoms with van der Waals surface area (Å²) < 4.78 is 40.0. The van der Waals surface area contributed by atoms with Gasteiger partial charge in [0, 0.05) is 29.7 Å². The molecule has 0 fully saturated rings. The van der Waals surface area contributed by atoms with Gasteiger partial charge in [0.05, 0.1) is 5.01 Å². The van der Waals surface area contributed by atoms with Gasteiger partial charge in [-0.2, -0.15) is 0 Å². The number of benzene rings is 1. The van der Waals surface area contributed by atoms with Gasteiger partial charge in [0.25, 0.3) is 0 Å². The first-order valence-corrected chi connectivity index (χ1v) is 8.03. The molecule has 1 heterocycles. The highest BCUT2D eigenvalue weighted by molar-refractivity contribution is 14.0. The molecule has 0 amide bonds. The van der Waals surface area contributed by atoms with Crippen LogP contribution in [0.2, 0.25) is 0 Å². The molecule has 3 N–H and O–H groups in total. The van der Waals surface area contributed by atoms with Gasteiger partial charge >= 0.3 is 6.36 Å². The third-order valence-corrected chi connectivity index (χ3v) is 3.88. The van der Waals surface area contributed by atoms with Gasteiger partial charge in [-0.3, -0.25) is 4.99 Å². The molecule has 0 saturated carbocycles. The Morgan fingerprint density at radius 1 is 1.32 bits per heavy atom. The van der Waals surface area contributed by atoms with E-state index in [1.54, 1.807) is 11.3 Å². The van der Waals surface area contributed by atoms with Gasteiger partial charge in [-0.1, -0.05) is 0 Å². The number of anilines is 1. The standard InChI is InChI=1S/C15H17F3N4OS.HI/c1-10-9-24-13(21-10)3-2-8-20-14(19)22-11-4-6-12(7-5-11)23-15(16,17)18;/h4-7,9H,2-3,8H2,1H3,(H3,19,20,22);1H. The summed E-state index contributed by atoms with van der Waals surface area (Å²) in [5.41, 5.74) is 7.28. The molecular weight excluding hydrogens is 468 g/mol. The van der Waals surface area contributed by atoms with E-state index in [0.717, 1.165) is 23.5 Å². The van der Waals surface area contributed by atoms with Crippen molar-refractivity contribution < 1.29 is 17.9 Å². The molecule has 0 radical (unpaired) electrons. The predicted octanol–water partition coefficient (Wildman–Crippen LogP) is 4.33. The van der Waals surface area contributed by atoms with Crippen LogP contribution in [0.4, 0.5) is 18.9 Å². The molecule has 0 unspecified atom stereocenters. The number of alkyl halides is 3. The molecule has 25 heavy (non-hydrogen) atoms. The van der Waals surface area contributed by atoms with E-state index in [1.807, 2.05) is 12.3 Å². The molecular formula is C15H18F3IN4OS. The number of thiazole rings is 1. The lowest BCUT2D eigenvalue weighted by Crippen LogP contribution is -2.23. The second-order valence-corrected chi connectivity index (χ2v) is 5.89. The van der Waals surface area contributed by atoms with Crippen LogP contribution < -0.4 is 15.8 Å². The van der Waals surface area contributed by atoms with E-state index in [0.29, 0.717) is 12.2 Å². The van der Waals surface area contributed by atoms with E-state index in [-0.39, 0.29) is 35.7 Å². The zero-order chi connectivity index (χ0) is 17.6. The summed E-state index contributed by atoms with van der Waals surface area (Å²) in [6, 6.07) is 5.27. The number of nitrogens with one attached hydrogen (secondary N) is 1. The Labute approximate surface area is 164 Å². The number of ether oxygens (including phenoxy) is 1. The molecule has 0 atom stereocenters. The van der Waals surface area contributed by atoms with Crippen LogP contribution in [0.25, 0.3) is 0 Å². The number of aromatic nitrogens is 1. The highest BCUT2D eigenvalue weighted by Crippen LogP contribution is 2.23. The number of hydrogen-bond acceptors (Lipinski definition) is 4. The lowest BCUT2D eigenvalue weighted by atomic mass is 10.3. The summed E-state index contributed by atoms with van der Waals surface area (Å²) in [7, 11) is 0. The first-order valence-electron chi connectivity index (χ1n) is 7.15. The molecule has 1 aromatic carbocycles. The number of aryl methyl sites for hydroxylation is 2. The number of aliphatic imine (C=N–C) groups is 1. The molecule has 0 spiro atoms. The van der Waals surface area contributed by atoms with Crippen LogP contribution in [0.5, 0.6) is 5.75 Å². The quantitative estimate of drug-likeness (QED) is 0.276. The van der Waals surface area contributed by atoms with E-state index >= 15 is 0 Å². The summed E-state index contributed by atoms with van der Waals surface area (Å²) >= 11 is 1.62. The maximum atomic E-state index is 12.1. The highest BCUT2D eigenvalue weighted by atomic mass is 127. The molecule has 138 valence electrons. The van der Waals surface area contributed by atoms with Crippen molar-refractivity contribution in [1.29, 1.82) is 0 Å². The zero-order valence-corrected chi connectivity index (χ0v) is 16.5. The molecule has 10 heteroatoms. The van der Waals surface area contributed by atoms with E-state index in [9.17, 15) is 13.2 Å². The van der Waals surface area contributed by atoms with Crippen LogP contribution in [0.1, 0.15) is 17.1 Å². The van der Waals surface area contributed by atoms with E-state index < -0.39 is 6.36 Å². The number of guanidine groups is 1. The average Bonchev–Trinajstić information content (AvgIpc) is 2.90. The summed E-state index contributed by atoms with van der Waals surface area (Å²) in [4.78, 5) is 8.53. The molecule has 0 saturated heterocycles. The first-order chi connectivity index (χ1) is 11.3. The Bertz CT molecular complexity index is 689. The Balaban J connectivity index is 0.00000312. The van der Waals surface area contributed by atoms with Crippen molar-refractivity contribution in [2.24, 2.45) is 10.7 Å². The fourth-order valence-electron chi connectivity index (χ4n) is 1.87. The smallest absolute Gasteiger partial charge is 0.406 e. The van der Waals surface area contributed by atoms with Crippen molar-refractivity contribution in [1.82, 2.24) is 4.98 Å². The van der Waals surface area contributed by atoms with Gasteiger partial charge in [-0.15, -0.1) is 48.5 Å². The number of nitrogens with two attached hydrogens (primary N) is 1. The summed E-state index contributed by atoms with van der Waals surface area (Å²) in [6.45, 7) is 2.48. The fraction of sp³-hybridized carbons (Fsp3) is 0.333. The van der Waals surface area contributed by atoms with Gasteiger partial charge in [0.15, 0.2) is 5.96 Å². The van der Waals surface area contributed by atoms with Crippen LogP contribution in [-0.4, -0.2) is 23.9 Å². The predicted molar refractivity (Wildman–Crippen MR) is 104 cm³/mol. The second kappa shape index (κ2) is 9.80. The van der Waals surface area contributed by atoms with Crippen LogP contribution in [-0.2, 0) is 6.42 Å². The summed E-state index contributed by atoms with van der Waals surface area (Å²) in [5, 5.41) is 5.88. The van der Waals surface area contributed by atoms with Crippen molar-refractivity contribution in [3.8, 4) is 5.75 Å². The normalized spacial score (nSPS) is 11.8. The van der Waals surface area contributed by atoms with E-state index in [2.05, 4.69) is 20.0 Å². The molecule has 5 nitrogen and oxygen atoms in total. The van der Waals surface area contributed by atoms with Gasteiger partial charge in [-0.25, -0.2) is 4.98 Å². The first kappa shape index (κ1) is 21.5. The van der Waals surface area contributed by atoms with Crippen molar-refractivity contribution >= 4 is 47.0 Å². The largest absolute Gasteiger partial charge is 0.573 e. The van der Waals surface area contributed by atoms with Crippen LogP contribution in [0, 0.1) is 6.92 Å². The fourth-order valence-corrected chi connectivity index (χ4v) is 2.69. The lowest BCUT2D eigenvalue weighted by molar-refractivity contribution is -0.274. The van der Waals surface area contributed by atoms with Gasteiger partial charge in [-0.05, 0) is 37.6 Å². The van der Waals surface area contributed by atoms with Crippen LogP contribution >= 0.6 is 35.3 Å². The molecule has 2 aromatic rings. The minimum absolute atomic E-state index is 0. The third-order valence-electron chi connectivity index (χ3n) is 2.86. The third kappa shape index (κ3) is 8.38. The molecule has 1 aromatic heterocycles. The molecule has 0 aliphatic rings. The van der Waals surface area contributed by atoms with Gasteiger partial charge < -0.3 is 15.8 Å². The van der Waals surface area contributed by atoms with Crippen molar-refractivity contribution in [2.75, 3.05) is 11.9 Å². The van der Waals surface area contributed by atoms with Crippen LogP contribution in [0.15, 0.2) is 34.6 Å². The van der Waals surface area contributed by atoms with Crippen molar-refractivity contribution in [3.05, 3.63) is 40.3 Å². The zero-order valence-electron chi connectivity index (χ0n) is 13.3. The number of nitrogens with zero attached hydrogens (tertiary/aromatic N) is 2. The molecule has 2 rings (SSSR count). The molecule has 0 bridgehead atoms. The number of halogens is 4. The second-order valence-electron chi connectivity index (χ2n) is 4.95. The van der Waals surface area contributed by atoms with E-state index in [1.165, 1.54) is 24.3 Å². The van der Waals surface area contributed by atoms with Gasteiger partial charge in [0.1, 0.15) is 5.75 Å².